The summed E-state index contributed by atoms with van der Waals surface area (Å²) in [4.78, 5) is 1.56. The van der Waals surface area contributed by atoms with Gasteiger partial charge in [0.25, 0.3) is 0 Å². The molecule has 1 aliphatic rings. The van der Waals surface area contributed by atoms with Gasteiger partial charge in [0.05, 0.1) is 0 Å². The molecule has 1 fully saturated rings. The summed E-state index contributed by atoms with van der Waals surface area (Å²) in [5.41, 5.74) is 0. The Labute approximate surface area is 66.7 Å². The maximum Gasteiger partial charge on any atom is 0.0448 e. The number of hydrogen-bond donors (Lipinski definition) is 0. The topological polar surface area (TPSA) is 0 Å². The monoisotopic (exact) mass is 170 g/mol. The van der Waals surface area contributed by atoms with E-state index in [-0.39, 0.29) is 9.06 Å². The lowest BCUT2D eigenvalue weighted by Crippen LogP contribution is -1.75. The van der Waals surface area contributed by atoms with Crippen molar-refractivity contribution in [3.63, 3.8) is 0 Å². The van der Waals surface area contributed by atoms with E-state index < -0.39 is 0 Å². The Kier molecular flexibility index (Phi) is 1.46. The van der Waals surface area contributed by atoms with Gasteiger partial charge in [-0.2, -0.15) is 9.06 Å². The van der Waals surface area contributed by atoms with Crippen LogP contribution in [-0.2, 0) is 0 Å². The molecule has 0 radical (unpaired) electrons. The summed E-state index contributed by atoms with van der Waals surface area (Å²) >= 11 is 0. The van der Waals surface area contributed by atoms with Gasteiger partial charge in [0.2, 0.25) is 0 Å². The third-order valence-corrected chi connectivity index (χ3v) is 7.33. The van der Waals surface area contributed by atoms with Crippen molar-refractivity contribution < 1.29 is 0 Å². The maximum absolute atomic E-state index is 2.38. The first-order valence-electron chi connectivity index (χ1n) is 3.27. The van der Waals surface area contributed by atoms with E-state index in [1.807, 2.05) is 0 Å². The minimum absolute atomic E-state index is 0.336. The summed E-state index contributed by atoms with van der Waals surface area (Å²) in [6.07, 6.45) is 2.38. The summed E-state index contributed by atoms with van der Waals surface area (Å²) in [6, 6.07) is 10.8. The molecule has 0 nitrogen and oxygen atoms in total. The third-order valence-electron chi connectivity index (χ3n) is 1.71. The molecule has 2 heteroatoms. The number of hydrogen-bond acceptors (Lipinski definition) is 1. The van der Waals surface area contributed by atoms with Crippen LogP contribution < -0.4 is 0 Å². The van der Waals surface area contributed by atoms with E-state index in [1.54, 1.807) is 4.90 Å². The molecule has 0 amide bonds. The zero-order valence-electron chi connectivity index (χ0n) is 5.91. The van der Waals surface area contributed by atoms with Crippen LogP contribution >= 0.6 is 19.9 Å². The van der Waals surface area contributed by atoms with Crippen molar-refractivity contribution in [3.8, 4) is 0 Å². The maximum atomic E-state index is 2.38. The van der Waals surface area contributed by atoms with Gasteiger partial charge in [-0.15, -0.1) is 0 Å². The average Bonchev–Trinajstić information content (AvgIpc) is 2.72. The molecule has 10 heavy (non-hydrogen) atoms. The lowest BCUT2D eigenvalue weighted by molar-refractivity contribution is 1.46. The van der Waals surface area contributed by atoms with E-state index >= 15 is 0 Å². The van der Waals surface area contributed by atoms with Gasteiger partial charge in [-0.3, -0.25) is 0 Å². The fraction of sp³-hybridized carbons (Fsp3) is 0.250. The molecule has 1 aliphatic heterocycles. The van der Waals surface area contributed by atoms with E-state index in [9.17, 15) is 0 Å². The smallest absolute Gasteiger partial charge is 0.0448 e. The molecule has 0 spiro atoms. The van der Waals surface area contributed by atoms with Crippen LogP contribution in [0.25, 0.3) is 0 Å². The minimum atomic E-state index is -0.336. The second-order valence-corrected chi connectivity index (χ2v) is 9.13. The summed E-state index contributed by atoms with van der Waals surface area (Å²) in [6.45, 7) is 0. The van der Waals surface area contributed by atoms with Crippen molar-refractivity contribution in [3.05, 3.63) is 30.3 Å². The Hall–Kier alpha value is -0.0800. The number of rotatable bonds is 1. The van der Waals surface area contributed by atoms with E-state index in [0.29, 0.717) is 0 Å². The summed E-state index contributed by atoms with van der Waals surface area (Å²) in [5.74, 6) is 0. The van der Waals surface area contributed by atoms with Crippen LogP contribution in [0, 0.1) is 0 Å². The Balaban J connectivity index is 2.35. The summed E-state index contributed by atoms with van der Waals surface area (Å²) in [7, 11) is 1.77. The average molecular weight is 170 g/mol. The molecule has 0 N–H and O–H groups in total. The number of benzene rings is 1. The molecule has 0 saturated carbocycles. The Morgan fingerprint density at radius 2 is 1.90 bits per heavy atom. The SMILES string of the molecule is CS1(c2ccccc2)CS1. The highest BCUT2D eigenvalue weighted by molar-refractivity contribution is 9.08. The minimum Gasteiger partial charge on any atom is -0.158 e. The van der Waals surface area contributed by atoms with Crippen molar-refractivity contribution in [2.75, 3.05) is 11.3 Å². The molecule has 1 aromatic rings. The Bertz CT molecular complexity index is 226. The molecular formula is C8H10S2. The Morgan fingerprint density at radius 1 is 1.30 bits per heavy atom. The van der Waals surface area contributed by atoms with Crippen molar-refractivity contribution in [1.82, 2.24) is 0 Å². The highest BCUT2D eigenvalue weighted by atomic mass is 33.2. The van der Waals surface area contributed by atoms with Gasteiger partial charge < -0.3 is 0 Å². The Morgan fingerprint density at radius 3 is 2.40 bits per heavy atom. The van der Waals surface area contributed by atoms with Crippen LogP contribution in [0.5, 0.6) is 0 Å². The standard InChI is InChI=1S/C8H10S2/c1-10(7-9-10)8-5-3-2-4-6-8/h2-6H,7H2,1H3. The fourth-order valence-corrected chi connectivity index (χ4v) is 4.95. The van der Waals surface area contributed by atoms with Crippen molar-refractivity contribution in [2.24, 2.45) is 0 Å². The van der Waals surface area contributed by atoms with Gasteiger partial charge >= 0.3 is 0 Å². The second kappa shape index (κ2) is 2.21. The molecule has 54 valence electrons. The van der Waals surface area contributed by atoms with Crippen LogP contribution in [-0.4, -0.2) is 11.3 Å². The van der Waals surface area contributed by atoms with Gasteiger partial charge in [-0.05, 0) is 23.3 Å². The van der Waals surface area contributed by atoms with Crippen molar-refractivity contribution >= 4 is 19.9 Å². The molecular weight excluding hydrogens is 160 g/mol. The van der Waals surface area contributed by atoms with E-state index in [2.05, 4.69) is 47.4 Å². The second-order valence-electron chi connectivity index (χ2n) is 2.55. The van der Waals surface area contributed by atoms with Crippen LogP contribution in [0.1, 0.15) is 0 Å². The van der Waals surface area contributed by atoms with Crippen molar-refractivity contribution in [2.45, 2.75) is 4.90 Å². The third kappa shape index (κ3) is 1.06. The van der Waals surface area contributed by atoms with Crippen LogP contribution in [0.15, 0.2) is 35.2 Å². The zero-order valence-corrected chi connectivity index (χ0v) is 7.54. The van der Waals surface area contributed by atoms with Crippen LogP contribution in [0.2, 0.25) is 0 Å². The molecule has 0 aliphatic carbocycles. The molecule has 1 atom stereocenters. The summed E-state index contributed by atoms with van der Waals surface area (Å²) < 4.78 is 0. The molecule has 0 bridgehead atoms. The predicted molar refractivity (Wildman–Crippen MR) is 50.7 cm³/mol. The molecule has 1 saturated heterocycles. The molecule has 1 aromatic carbocycles. The highest BCUT2D eigenvalue weighted by Gasteiger charge is 2.34. The van der Waals surface area contributed by atoms with Crippen LogP contribution in [0.4, 0.5) is 0 Å². The first-order valence-corrected chi connectivity index (χ1v) is 6.98. The van der Waals surface area contributed by atoms with E-state index in [4.69, 9.17) is 0 Å². The first-order chi connectivity index (χ1) is 4.81. The van der Waals surface area contributed by atoms with Gasteiger partial charge in [0, 0.05) is 5.08 Å². The van der Waals surface area contributed by atoms with Gasteiger partial charge in [-0.1, -0.05) is 29.0 Å². The van der Waals surface area contributed by atoms with Gasteiger partial charge in [0.1, 0.15) is 0 Å². The molecule has 1 unspecified atom stereocenters. The fourth-order valence-electron chi connectivity index (χ4n) is 0.917. The lowest BCUT2D eigenvalue weighted by Gasteiger charge is -2.10. The molecule has 2 rings (SSSR count). The normalized spacial score (nSPS) is 36.5. The van der Waals surface area contributed by atoms with E-state index in [1.165, 1.54) is 5.08 Å². The predicted octanol–water partition coefficient (Wildman–Crippen LogP) is 3.10. The van der Waals surface area contributed by atoms with Gasteiger partial charge in [-0.25, -0.2) is 0 Å². The van der Waals surface area contributed by atoms with Gasteiger partial charge in [0.15, 0.2) is 0 Å². The quantitative estimate of drug-likeness (QED) is 0.461. The summed E-state index contributed by atoms with van der Waals surface area (Å²) in [5, 5.41) is 1.37. The largest absolute Gasteiger partial charge is 0.158 e. The highest BCUT2D eigenvalue weighted by Crippen LogP contribution is 2.79. The van der Waals surface area contributed by atoms with Crippen molar-refractivity contribution in [1.29, 1.82) is 0 Å². The van der Waals surface area contributed by atoms with Crippen LogP contribution in [0.3, 0.4) is 0 Å². The zero-order chi connectivity index (χ0) is 7.03. The molecule has 0 aromatic heterocycles. The first kappa shape index (κ1) is 6.62. The lowest BCUT2D eigenvalue weighted by atomic mass is 10.4. The van der Waals surface area contributed by atoms with E-state index in [0.717, 1.165) is 0 Å². The molecule has 1 heterocycles.